The SMILES string of the molecule is NC(CNC(=O)C1CCCCN1C(=O)c1cccs1)C1CC1. The summed E-state index contributed by atoms with van der Waals surface area (Å²) in [7, 11) is 0. The van der Waals surface area contributed by atoms with E-state index in [9.17, 15) is 9.59 Å². The normalized spacial score (nSPS) is 23.1. The molecule has 6 heteroatoms. The van der Waals surface area contributed by atoms with Crippen molar-refractivity contribution in [2.75, 3.05) is 13.1 Å². The zero-order chi connectivity index (χ0) is 15.5. The summed E-state index contributed by atoms with van der Waals surface area (Å²) in [5.41, 5.74) is 6.03. The fraction of sp³-hybridized carbons (Fsp3) is 0.625. The molecule has 0 bridgehead atoms. The van der Waals surface area contributed by atoms with Crippen LogP contribution in [0, 0.1) is 5.92 Å². The molecule has 0 spiro atoms. The Morgan fingerprint density at radius 3 is 2.86 bits per heavy atom. The molecule has 2 heterocycles. The molecule has 2 fully saturated rings. The predicted molar refractivity (Wildman–Crippen MR) is 86.7 cm³/mol. The number of nitrogens with two attached hydrogens (primary N) is 1. The van der Waals surface area contributed by atoms with Crippen molar-refractivity contribution in [1.82, 2.24) is 10.2 Å². The van der Waals surface area contributed by atoms with Crippen molar-refractivity contribution < 1.29 is 9.59 Å². The van der Waals surface area contributed by atoms with E-state index in [0.29, 0.717) is 23.9 Å². The molecular formula is C16H23N3O2S. The quantitative estimate of drug-likeness (QED) is 0.865. The van der Waals surface area contributed by atoms with E-state index in [0.717, 1.165) is 19.3 Å². The molecular weight excluding hydrogens is 298 g/mol. The largest absolute Gasteiger partial charge is 0.353 e. The van der Waals surface area contributed by atoms with Crippen LogP contribution in [-0.2, 0) is 4.79 Å². The summed E-state index contributed by atoms with van der Waals surface area (Å²) < 4.78 is 0. The maximum Gasteiger partial charge on any atom is 0.264 e. The topological polar surface area (TPSA) is 75.4 Å². The van der Waals surface area contributed by atoms with Gasteiger partial charge in [0.15, 0.2) is 0 Å². The molecule has 3 rings (SSSR count). The zero-order valence-electron chi connectivity index (χ0n) is 12.7. The van der Waals surface area contributed by atoms with Gasteiger partial charge < -0.3 is 16.0 Å². The minimum absolute atomic E-state index is 0.0265. The lowest BCUT2D eigenvalue weighted by atomic mass is 10.0. The number of hydrogen-bond acceptors (Lipinski definition) is 4. The van der Waals surface area contributed by atoms with Gasteiger partial charge in [0.2, 0.25) is 5.91 Å². The third-order valence-electron chi connectivity index (χ3n) is 4.54. The van der Waals surface area contributed by atoms with Crippen molar-refractivity contribution in [3.8, 4) is 0 Å². The second-order valence-corrected chi connectivity index (χ2v) is 7.18. The van der Waals surface area contributed by atoms with Crippen molar-refractivity contribution in [1.29, 1.82) is 0 Å². The van der Waals surface area contributed by atoms with Crippen LogP contribution >= 0.6 is 11.3 Å². The number of amides is 2. The molecule has 120 valence electrons. The molecule has 2 unspecified atom stereocenters. The summed E-state index contributed by atoms with van der Waals surface area (Å²) >= 11 is 1.43. The fourth-order valence-electron chi connectivity index (χ4n) is 3.02. The number of likely N-dealkylation sites (tertiary alicyclic amines) is 1. The highest BCUT2D eigenvalue weighted by Crippen LogP contribution is 2.31. The minimum atomic E-state index is -0.352. The van der Waals surface area contributed by atoms with Gasteiger partial charge in [0.1, 0.15) is 6.04 Å². The summed E-state index contributed by atoms with van der Waals surface area (Å²) in [5.74, 6) is 0.484. The first-order valence-corrected chi connectivity index (χ1v) is 8.92. The molecule has 2 amide bonds. The molecule has 1 saturated carbocycles. The van der Waals surface area contributed by atoms with Crippen LogP contribution in [-0.4, -0.2) is 41.9 Å². The smallest absolute Gasteiger partial charge is 0.264 e. The minimum Gasteiger partial charge on any atom is -0.353 e. The van der Waals surface area contributed by atoms with Gasteiger partial charge in [-0.05, 0) is 49.5 Å². The number of thiophene rings is 1. The second-order valence-electron chi connectivity index (χ2n) is 6.23. The average Bonchev–Trinajstić information content (AvgIpc) is 3.26. The van der Waals surface area contributed by atoms with Crippen molar-refractivity contribution in [3.63, 3.8) is 0 Å². The van der Waals surface area contributed by atoms with Crippen LogP contribution in [0.5, 0.6) is 0 Å². The Balaban J connectivity index is 1.61. The van der Waals surface area contributed by atoms with Crippen molar-refractivity contribution >= 4 is 23.2 Å². The molecule has 5 nitrogen and oxygen atoms in total. The van der Waals surface area contributed by atoms with Crippen molar-refractivity contribution in [2.24, 2.45) is 11.7 Å². The third-order valence-corrected chi connectivity index (χ3v) is 5.40. The van der Waals surface area contributed by atoms with Crippen LogP contribution in [0.25, 0.3) is 0 Å². The van der Waals surface area contributed by atoms with Crippen LogP contribution in [0.1, 0.15) is 41.8 Å². The van der Waals surface area contributed by atoms with Gasteiger partial charge in [0.25, 0.3) is 5.91 Å². The van der Waals surface area contributed by atoms with Gasteiger partial charge in [-0.2, -0.15) is 0 Å². The Labute approximate surface area is 134 Å². The molecule has 3 N–H and O–H groups in total. The standard InChI is InChI=1S/C16H23N3O2S/c17-12(11-6-7-11)10-18-15(20)13-4-1-2-8-19(13)16(21)14-5-3-9-22-14/h3,5,9,11-13H,1-2,4,6-8,10,17H2,(H,18,20). The molecule has 2 atom stereocenters. The lowest BCUT2D eigenvalue weighted by Gasteiger charge is -2.34. The number of hydrogen-bond donors (Lipinski definition) is 2. The third kappa shape index (κ3) is 3.50. The van der Waals surface area contributed by atoms with E-state index in [1.54, 1.807) is 4.90 Å². The molecule has 0 aromatic carbocycles. The summed E-state index contributed by atoms with van der Waals surface area (Å²) in [4.78, 5) is 27.5. The summed E-state index contributed by atoms with van der Waals surface area (Å²) in [6.45, 7) is 1.17. The monoisotopic (exact) mass is 321 g/mol. The highest BCUT2D eigenvalue weighted by molar-refractivity contribution is 7.12. The number of nitrogens with one attached hydrogen (secondary N) is 1. The molecule has 1 aliphatic heterocycles. The summed E-state index contributed by atoms with van der Waals surface area (Å²) in [6.07, 6.45) is 5.03. The van der Waals surface area contributed by atoms with Crippen LogP contribution in [0.4, 0.5) is 0 Å². The van der Waals surface area contributed by atoms with Crippen LogP contribution in [0.2, 0.25) is 0 Å². The lowest BCUT2D eigenvalue weighted by molar-refractivity contribution is -0.126. The fourth-order valence-corrected chi connectivity index (χ4v) is 3.70. The van der Waals surface area contributed by atoms with Gasteiger partial charge >= 0.3 is 0 Å². The maximum atomic E-state index is 12.6. The van der Waals surface area contributed by atoms with E-state index in [-0.39, 0.29) is 23.9 Å². The summed E-state index contributed by atoms with van der Waals surface area (Å²) in [5, 5.41) is 4.84. The van der Waals surface area contributed by atoms with Gasteiger partial charge in [0.05, 0.1) is 4.88 Å². The highest BCUT2D eigenvalue weighted by atomic mass is 32.1. The number of nitrogens with zero attached hydrogens (tertiary/aromatic N) is 1. The average molecular weight is 321 g/mol. The second kappa shape index (κ2) is 6.79. The highest BCUT2D eigenvalue weighted by Gasteiger charge is 2.34. The van der Waals surface area contributed by atoms with Crippen LogP contribution in [0.15, 0.2) is 17.5 Å². The predicted octanol–water partition coefficient (Wildman–Crippen LogP) is 1.60. The molecule has 1 aromatic heterocycles. The van der Waals surface area contributed by atoms with Gasteiger partial charge in [-0.3, -0.25) is 9.59 Å². The van der Waals surface area contributed by atoms with Gasteiger partial charge in [0, 0.05) is 19.1 Å². The maximum absolute atomic E-state index is 12.6. The first kappa shape index (κ1) is 15.5. The van der Waals surface area contributed by atoms with Gasteiger partial charge in [-0.25, -0.2) is 0 Å². The van der Waals surface area contributed by atoms with Crippen LogP contribution < -0.4 is 11.1 Å². The Morgan fingerprint density at radius 2 is 2.18 bits per heavy atom. The van der Waals surface area contributed by atoms with Crippen molar-refractivity contribution in [3.05, 3.63) is 22.4 Å². The van der Waals surface area contributed by atoms with E-state index in [2.05, 4.69) is 5.32 Å². The van der Waals surface area contributed by atoms with Gasteiger partial charge in [-0.15, -0.1) is 11.3 Å². The number of rotatable bonds is 5. The molecule has 0 radical (unpaired) electrons. The lowest BCUT2D eigenvalue weighted by Crippen LogP contribution is -2.53. The van der Waals surface area contributed by atoms with Crippen LogP contribution in [0.3, 0.4) is 0 Å². The molecule has 1 aliphatic carbocycles. The Morgan fingerprint density at radius 1 is 1.36 bits per heavy atom. The van der Waals surface area contributed by atoms with E-state index in [1.807, 2.05) is 17.5 Å². The zero-order valence-corrected chi connectivity index (χ0v) is 13.5. The van der Waals surface area contributed by atoms with E-state index >= 15 is 0 Å². The Bertz CT molecular complexity index is 528. The first-order valence-electron chi connectivity index (χ1n) is 8.04. The molecule has 22 heavy (non-hydrogen) atoms. The number of piperidine rings is 1. The molecule has 1 saturated heterocycles. The van der Waals surface area contributed by atoms with E-state index in [1.165, 1.54) is 24.2 Å². The van der Waals surface area contributed by atoms with E-state index < -0.39 is 0 Å². The molecule has 1 aromatic rings. The Kier molecular flexibility index (Phi) is 4.78. The summed E-state index contributed by atoms with van der Waals surface area (Å²) in [6, 6.07) is 3.38. The Hall–Kier alpha value is -1.40. The van der Waals surface area contributed by atoms with Gasteiger partial charge in [-0.1, -0.05) is 6.07 Å². The molecule has 2 aliphatic rings. The first-order chi connectivity index (χ1) is 10.7. The number of carbonyl (C=O) groups excluding carboxylic acids is 2. The van der Waals surface area contributed by atoms with Crippen molar-refractivity contribution in [2.45, 2.75) is 44.2 Å². The van der Waals surface area contributed by atoms with E-state index in [4.69, 9.17) is 5.73 Å². The number of carbonyl (C=O) groups is 2.